The van der Waals surface area contributed by atoms with E-state index in [1.54, 1.807) is 0 Å². The molecule has 4 heterocycles. The molecular formula is C26H36N4O3. The molecule has 1 saturated heterocycles. The van der Waals surface area contributed by atoms with Gasteiger partial charge in [0.15, 0.2) is 11.2 Å². The van der Waals surface area contributed by atoms with Crippen LogP contribution in [-0.2, 0) is 9.47 Å². The molecule has 0 spiro atoms. The molecule has 0 radical (unpaired) electrons. The van der Waals surface area contributed by atoms with Crippen LogP contribution in [0.15, 0.2) is 40.8 Å². The molecule has 7 nitrogen and oxygen atoms in total. The summed E-state index contributed by atoms with van der Waals surface area (Å²) >= 11 is 0. The number of ether oxygens (including phenoxy) is 2. The van der Waals surface area contributed by atoms with Crippen LogP contribution in [0.4, 0.5) is 11.4 Å². The van der Waals surface area contributed by atoms with Crippen LogP contribution in [0.1, 0.15) is 0 Å². The van der Waals surface area contributed by atoms with Gasteiger partial charge in [-0.05, 0) is 26.2 Å². The number of hydrogen-bond acceptors (Lipinski definition) is 7. The van der Waals surface area contributed by atoms with Crippen molar-refractivity contribution in [3.63, 3.8) is 0 Å². The first-order valence-electron chi connectivity index (χ1n) is 12.2. The summed E-state index contributed by atoms with van der Waals surface area (Å²) in [6.45, 7) is 10.2. The highest BCUT2D eigenvalue weighted by Crippen LogP contribution is 2.39. The van der Waals surface area contributed by atoms with E-state index in [-0.39, 0.29) is 0 Å². The van der Waals surface area contributed by atoms with Gasteiger partial charge in [0.05, 0.1) is 37.8 Å². The van der Waals surface area contributed by atoms with E-state index in [1.807, 2.05) is 0 Å². The second kappa shape index (κ2) is 10.3. The number of hydrogen-bond donors (Lipinski definition) is 0. The Bertz CT molecular complexity index is 988. The zero-order valence-corrected chi connectivity index (χ0v) is 20.0. The second-order valence-corrected chi connectivity index (χ2v) is 9.22. The Hall–Kier alpha value is -2.32. The molecule has 0 amide bonds. The highest BCUT2D eigenvalue weighted by Gasteiger charge is 2.21. The molecule has 0 aliphatic carbocycles. The maximum absolute atomic E-state index is 6.68. The lowest BCUT2D eigenvalue weighted by atomic mass is 10.1. The molecule has 178 valence electrons. The zero-order chi connectivity index (χ0) is 22.6. The summed E-state index contributed by atoms with van der Waals surface area (Å²) < 4.78 is 18.7. The minimum absolute atomic E-state index is 0.703. The largest absolute Gasteiger partial charge is 0.452 e. The standard InChI is InChI=1S/C26H36N4O3/c1-27-9-11-29-15-19-32-20-16-30(12-10-28(2)14-18-31-17-13-27)24-8-4-6-22-21-5-3-7-23(29)25(21)33-26(22)24/h3-8H,9-20H2,1-2H3. The summed E-state index contributed by atoms with van der Waals surface area (Å²) in [4.78, 5) is 9.52. The minimum Gasteiger partial charge on any atom is -0.452 e. The van der Waals surface area contributed by atoms with Crippen molar-refractivity contribution in [2.24, 2.45) is 0 Å². The Labute approximate surface area is 196 Å². The minimum atomic E-state index is 0.703. The summed E-state index contributed by atoms with van der Waals surface area (Å²) in [5.41, 5.74) is 4.25. The molecule has 3 aliphatic rings. The fourth-order valence-corrected chi connectivity index (χ4v) is 4.79. The third-order valence-electron chi connectivity index (χ3n) is 6.91. The van der Waals surface area contributed by atoms with Crippen LogP contribution in [0.2, 0.25) is 0 Å². The first-order valence-corrected chi connectivity index (χ1v) is 12.2. The average Bonchev–Trinajstić information content (AvgIpc) is 3.20. The van der Waals surface area contributed by atoms with E-state index in [2.05, 4.69) is 70.1 Å². The Morgan fingerprint density at radius 1 is 0.545 bits per heavy atom. The van der Waals surface area contributed by atoms with Gasteiger partial charge in [-0.1, -0.05) is 24.3 Å². The van der Waals surface area contributed by atoms with Gasteiger partial charge in [0.1, 0.15) is 0 Å². The number of rotatable bonds is 0. The molecule has 3 aliphatic heterocycles. The summed E-state index contributed by atoms with van der Waals surface area (Å²) in [6, 6.07) is 13.0. The number of fused-ring (bicyclic) bond motifs is 15. The molecule has 1 fully saturated rings. The van der Waals surface area contributed by atoms with E-state index < -0.39 is 0 Å². The van der Waals surface area contributed by atoms with Gasteiger partial charge >= 0.3 is 0 Å². The molecule has 4 bridgehead atoms. The fraction of sp³-hybridized carbons (Fsp3) is 0.538. The molecule has 3 aromatic rings. The molecule has 0 saturated carbocycles. The van der Waals surface area contributed by atoms with Crippen molar-refractivity contribution in [1.82, 2.24) is 9.80 Å². The van der Waals surface area contributed by atoms with Gasteiger partial charge in [0, 0.05) is 63.1 Å². The Morgan fingerprint density at radius 2 is 1.00 bits per heavy atom. The molecule has 7 heteroatoms. The molecule has 2 aromatic carbocycles. The average molecular weight is 453 g/mol. The smallest absolute Gasteiger partial charge is 0.158 e. The van der Waals surface area contributed by atoms with E-state index >= 15 is 0 Å². The lowest BCUT2D eigenvalue weighted by Gasteiger charge is -2.30. The molecule has 6 rings (SSSR count). The highest BCUT2D eigenvalue weighted by molar-refractivity contribution is 6.12. The Morgan fingerprint density at radius 3 is 1.48 bits per heavy atom. The summed E-state index contributed by atoms with van der Waals surface area (Å²) in [5.74, 6) is 0. The summed E-state index contributed by atoms with van der Waals surface area (Å²) in [7, 11) is 4.34. The van der Waals surface area contributed by atoms with Crippen LogP contribution in [0.25, 0.3) is 21.9 Å². The van der Waals surface area contributed by atoms with Gasteiger partial charge in [0.2, 0.25) is 0 Å². The van der Waals surface area contributed by atoms with E-state index in [0.717, 1.165) is 88.1 Å². The van der Waals surface area contributed by atoms with Gasteiger partial charge in [0.25, 0.3) is 0 Å². The van der Waals surface area contributed by atoms with Crippen molar-refractivity contribution < 1.29 is 13.9 Å². The quantitative estimate of drug-likeness (QED) is 0.486. The number of furan rings is 1. The van der Waals surface area contributed by atoms with Crippen molar-refractivity contribution in [2.45, 2.75) is 0 Å². The van der Waals surface area contributed by atoms with E-state index in [9.17, 15) is 0 Å². The van der Waals surface area contributed by atoms with Crippen LogP contribution in [0.3, 0.4) is 0 Å². The predicted octanol–water partition coefficient (Wildman–Crippen LogP) is 3.12. The van der Waals surface area contributed by atoms with Crippen LogP contribution in [0.5, 0.6) is 0 Å². The number of nitrogens with zero attached hydrogens (tertiary/aromatic N) is 4. The normalized spacial score (nSPS) is 20.8. The first kappa shape index (κ1) is 22.5. The number of anilines is 2. The topological polar surface area (TPSA) is 44.6 Å². The first-order chi connectivity index (χ1) is 16.2. The van der Waals surface area contributed by atoms with Crippen molar-refractivity contribution in [3.8, 4) is 0 Å². The molecule has 0 atom stereocenters. The SMILES string of the molecule is CN1CCOCCN(C)CCN2CCOCCN(CC1)c1cccc3c1oc1c2cccc13. The highest BCUT2D eigenvalue weighted by atomic mass is 16.5. The fourth-order valence-electron chi connectivity index (χ4n) is 4.79. The van der Waals surface area contributed by atoms with Gasteiger partial charge in [-0.2, -0.15) is 0 Å². The third kappa shape index (κ3) is 4.96. The van der Waals surface area contributed by atoms with Gasteiger partial charge in [-0.15, -0.1) is 0 Å². The van der Waals surface area contributed by atoms with E-state index in [4.69, 9.17) is 13.9 Å². The van der Waals surface area contributed by atoms with E-state index in [1.165, 1.54) is 10.8 Å². The van der Waals surface area contributed by atoms with Crippen LogP contribution in [0, 0.1) is 0 Å². The second-order valence-electron chi connectivity index (χ2n) is 9.22. The molecular weight excluding hydrogens is 416 g/mol. The number of benzene rings is 2. The number of para-hydroxylation sites is 2. The van der Waals surface area contributed by atoms with Crippen molar-refractivity contribution in [1.29, 1.82) is 0 Å². The lowest BCUT2D eigenvalue weighted by molar-refractivity contribution is 0.0943. The third-order valence-corrected chi connectivity index (χ3v) is 6.91. The van der Waals surface area contributed by atoms with Crippen LogP contribution >= 0.6 is 0 Å². The van der Waals surface area contributed by atoms with E-state index in [0.29, 0.717) is 13.2 Å². The molecule has 0 N–H and O–H groups in total. The summed E-state index contributed by atoms with van der Waals surface area (Å²) in [5, 5.41) is 2.37. The van der Waals surface area contributed by atoms with Crippen molar-refractivity contribution in [3.05, 3.63) is 36.4 Å². The van der Waals surface area contributed by atoms with Gasteiger partial charge in [-0.25, -0.2) is 0 Å². The van der Waals surface area contributed by atoms with Crippen molar-refractivity contribution >= 4 is 33.3 Å². The molecule has 0 unspecified atom stereocenters. The molecule has 1 aromatic heterocycles. The maximum atomic E-state index is 6.68. The van der Waals surface area contributed by atoms with Crippen molar-refractivity contribution in [2.75, 3.05) is 103 Å². The van der Waals surface area contributed by atoms with Crippen LogP contribution < -0.4 is 9.80 Å². The Balaban J connectivity index is 1.61. The number of likely N-dealkylation sites (N-methyl/N-ethyl adjacent to an activating group) is 2. The maximum Gasteiger partial charge on any atom is 0.158 e. The van der Waals surface area contributed by atoms with Gasteiger partial charge in [-0.3, -0.25) is 0 Å². The van der Waals surface area contributed by atoms with Gasteiger partial charge < -0.3 is 33.5 Å². The van der Waals surface area contributed by atoms with Crippen LogP contribution in [-0.4, -0.2) is 103 Å². The monoisotopic (exact) mass is 452 g/mol. The lowest BCUT2D eigenvalue weighted by Crippen LogP contribution is -2.39. The summed E-state index contributed by atoms with van der Waals surface area (Å²) in [6.07, 6.45) is 0. The zero-order valence-electron chi connectivity index (χ0n) is 20.0. The molecule has 33 heavy (non-hydrogen) atoms. The predicted molar refractivity (Wildman–Crippen MR) is 135 cm³/mol. The Kier molecular flexibility index (Phi) is 7.02.